The SMILES string of the molecule is CO[C@@H]1O[C@H](CNC(C)=O)[C@@H](Oc2ccc(C)cc2)[C@H](OCc2ccccc2)[C@@H]1O. The maximum absolute atomic E-state index is 11.5. The highest BCUT2D eigenvalue weighted by Gasteiger charge is 2.48. The number of aliphatic hydroxyl groups excluding tert-OH is 1. The Morgan fingerprint density at radius 2 is 1.80 bits per heavy atom. The topological polar surface area (TPSA) is 86.3 Å². The van der Waals surface area contributed by atoms with E-state index in [0.717, 1.165) is 11.1 Å². The first kappa shape index (κ1) is 22.2. The lowest BCUT2D eigenvalue weighted by atomic mass is 9.97. The van der Waals surface area contributed by atoms with E-state index in [1.54, 1.807) is 0 Å². The molecular weight excluding hydrogens is 386 g/mol. The normalized spacial score (nSPS) is 26.2. The second-order valence-electron chi connectivity index (χ2n) is 7.36. The van der Waals surface area contributed by atoms with Crippen molar-refractivity contribution in [2.45, 2.75) is 51.2 Å². The van der Waals surface area contributed by atoms with Gasteiger partial charge >= 0.3 is 0 Å². The predicted octanol–water partition coefficient (Wildman–Crippen LogP) is 2.20. The Hall–Kier alpha value is -2.45. The minimum atomic E-state index is -1.07. The van der Waals surface area contributed by atoms with Crippen molar-refractivity contribution in [3.63, 3.8) is 0 Å². The van der Waals surface area contributed by atoms with Crippen LogP contribution in [0.25, 0.3) is 0 Å². The molecule has 0 bridgehead atoms. The molecule has 1 heterocycles. The Balaban J connectivity index is 1.84. The Labute approximate surface area is 176 Å². The van der Waals surface area contributed by atoms with Crippen molar-refractivity contribution in [1.82, 2.24) is 5.32 Å². The van der Waals surface area contributed by atoms with Crippen LogP contribution in [0.1, 0.15) is 18.1 Å². The summed E-state index contributed by atoms with van der Waals surface area (Å²) in [5.41, 5.74) is 2.08. The summed E-state index contributed by atoms with van der Waals surface area (Å²) in [5.74, 6) is 0.438. The van der Waals surface area contributed by atoms with Crippen LogP contribution in [-0.4, -0.2) is 55.4 Å². The number of aliphatic hydroxyl groups is 1. The quantitative estimate of drug-likeness (QED) is 0.688. The highest BCUT2D eigenvalue weighted by molar-refractivity contribution is 5.72. The molecule has 5 atom stereocenters. The summed E-state index contributed by atoms with van der Waals surface area (Å²) in [5, 5.41) is 13.6. The van der Waals surface area contributed by atoms with E-state index >= 15 is 0 Å². The third kappa shape index (κ3) is 5.79. The summed E-state index contributed by atoms with van der Waals surface area (Å²) in [6.45, 7) is 3.92. The van der Waals surface area contributed by atoms with E-state index < -0.39 is 30.7 Å². The van der Waals surface area contributed by atoms with E-state index in [0.29, 0.717) is 12.4 Å². The van der Waals surface area contributed by atoms with Gasteiger partial charge in [-0.2, -0.15) is 0 Å². The molecule has 0 saturated carbocycles. The van der Waals surface area contributed by atoms with Gasteiger partial charge in [0.15, 0.2) is 12.4 Å². The summed E-state index contributed by atoms with van der Waals surface area (Å²) in [6, 6.07) is 17.3. The number of nitrogens with one attached hydrogen (secondary N) is 1. The maximum atomic E-state index is 11.5. The number of benzene rings is 2. The fourth-order valence-corrected chi connectivity index (χ4v) is 3.37. The standard InChI is InChI=1S/C23H29NO6/c1-15-9-11-18(12-10-15)29-21-19(13-24-16(2)25)30-23(27-3)20(26)22(21)28-14-17-7-5-4-6-8-17/h4-12,19-23,26H,13-14H2,1-3H3,(H,24,25)/t19-,20+,21-,22-,23-/m1/s1. The molecule has 30 heavy (non-hydrogen) atoms. The Morgan fingerprint density at radius 3 is 2.43 bits per heavy atom. The van der Waals surface area contributed by atoms with Crippen LogP contribution in [0.2, 0.25) is 0 Å². The summed E-state index contributed by atoms with van der Waals surface area (Å²) in [7, 11) is 1.46. The van der Waals surface area contributed by atoms with Gasteiger partial charge in [0, 0.05) is 20.6 Å². The van der Waals surface area contributed by atoms with E-state index in [1.165, 1.54) is 14.0 Å². The van der Waals surface area contributed by atoms with Gasteiger partial charge in [-0.3, -0.25) is 4.79 Å². The zero-order valence-electron chi connectivity index (χ0n) is 17.5. The van der Waals surface area contributed by atoms with Gasteiger partial charge in [-0.25, -0.2) is 0 Å². The Bertz CT molecular complexity index is 797. The van der Waals surface area contributed by atoms with Crippen molar-refractivity contribution in [3.05, 3.63) is 65.7 Å². The number of hydrogen-bond acceptors (Lipinski definition) is 6. The second-order valence-corrected chi connectivity index (χ2v) is 7.36. The van der Waals surface area contributed by atoms with Gasteiger partial charge in [-0.05, 0) is 24.6 Å². The summed E-state index contributed by atoms with van der Waals surface area (Å²) >= 11 is 0. The number of methoxy groups -OCH3 is 1. The Kier molecular flexibility index (Phi) is 7.81. The first-order valence-electron chi connectivity index (χ1n) is 9.97. The lowest BCUT2D eigenvalue weighted by Gasteiger charge is -2.43. The number of aryl methyl sites for hydroxylation is 1. The Morgan fingerprint density at radius 1 is 1.10 bits per heavy atom. The van der Waals surface area contributed by atoms with Crippen LogP contribution in [0.5, 0.6) is 5.75 Å². The smallest absolute Gasteiger partial charge is 0.216 e. The van der Waals surface area contributed by atoms with Gasteiger partial charge in [-0.15, -0.1) is 0 Å². The van der Waals surface area contributed by atoms with Crippen molar-refractivity contribution in [1.29, 1.82) is 0 Å². The molecular formula is C23H29NO6. The molecule has 0 spiro atoms. The van der Waals surface area contributed by atoms with E-state index in [1.807, 2.05) is 61.5 Å². The molecule has 1 saturated heterocycles. The average molecular weight is 415 g/mol. The fourth-order valence-electron chi connectivity index (χ4n) is 3.37. The molecule has 0 radical (unpaired) electrons. The molecule has 1 amide bonds. The van der Waals surface area contributed by atoms with Crippen LogP contribution in [0.4, 0.5) is 0 Å². The first-order chi connectivity index (χ1) is 14.5. The highest BCUT2D eigenvalue weighted by Crippen LogP contribution is 2.29. The molecule has 7 heteroatoms. The minimum Gasteiger partial charge on any atom is -0.485 e. The lowest BCUT2D eigenvalue weighted by molar-refractivity contribution is -0.293. The predicted molar refractivity (Wildman–Crippen MR) is 111 cm³/mol. The van der Waals surface area contributed by atoms with Gasteiger partial charge in [0.1, 0.15) is 24.1 Å². The van der Waals surface area contributed by atoms with E-state index in [2.05, 4.69) is 5.32 Å². The zero-order valence-corrected chi connectivity index (χ0v) is 17.5. The number of hydrogen-bond donors (Lipinski definition) is 2. The summed E-state index contributed by atoms with van der Waals surface area (Å²) in [6.07, 6.45) is -3.94. The number of carbonyl (C=O) groups is 1. The van der Waals surface area contributed by atoms with E-state index in [9.17, 15) is 9.90 Å². The van der Waals surface area contributed by atoms with Crippen molar-refractivity contribution in [2.24, 2.45) is 0 Å². The summed E-state index contributed by atoms with van der Waals surface area (Å²) in [4.78, 5) is 11.5. The molecule has 1 aliphatic heterocycles. The van der Waals surface area contributed by atoms with Crippen LogP contribution in [0, 0.1) is 6.92 Å². The fraction of sp³-hybridized carbons (Fsp3) is 0.435. The molecule has 0 aliphatic carbocycles. The lowest BCUT2D eigenvalue weighted by Crippen LogP contribution is -2.63. The molecule has 0 unspecified atom stereocenters. The van der Waals surface area contributed by atoms with Crippen LogP contribution in [0.15, 0.2) is 54.6 Å². The average Bonchev–Trinajstić information content (AvgIpc) is 2.75. The molecule has 2 aromatic carbocycles. The van der Waals surface area contributed by atoms with Gasteiger partial charge < -0.3 is 29.4 Å². The maximum Gasteiger partial charge on any atom is 0.216 e. The van der Waals surface area contributed by atoms with Crippen molar-refractivity contribution >= 4 is 5.91 Å². The van der Waals surface area contributed by atoms with Crippen LogP contribution in [-0.2, 0) is 25.6 Å². The van der Waals surface area contributed by atoms with Crippen LogP contribution in [0.3, 0.4) is 0 Å². The molecule has 3 rings (SSSR count). The van der Waals surface area contributed by atoms with E-state index in [4.69, 9.17) is 18.9 Å². The molecule has 7 nitrogen and oxygen atoms in total. The number of ether oxygens (including phenoxy) is 4. The van der Waals surface area contributed by atoms with Crippen molar-refractivity contribution in [2.75, 3.05) is 13.7 Å². The molecule has 1 aliphatic rings. The van der Waals surface area contributed by atoms with Crippen molar-refractivity contribution < 1.29 is 28.8 Å². The molecule has 1 fully saturated rings. The summed E-state index contributed by atoms with van der Waals surface area (Å²) < 4.78 is 23.5. The first-order valence-corrected chi connectivity index (χ1v) is 9.97. The zero-order chi connectivity index (χ0) is 21.5. The molecule has 162 valence electrons. The monoisotopic (exact) mass is 415 g/mol. The second kappa shape index (κ2) is 10.5. The van der Waals surface area contributed by atoms with E-state index in [-0.39, 0.29) is 12.5 Å². The highest BCUT2D eigenvalue weighted by atomic mass is 16.7. The van der Waals surface area contributed by atoms with Crippen molar-refractivity contribution in [3.8, 4) is 5.75 Å². The van der Waals surface area contributed by atoms with Gasteiger partial charge in [-0.1, -0.05) is 48.0 Å². The van der Waals surface area contributed by atoms with Crippen LogP contribution >= 0.6 is 0 Å². The third-order valence-electron chi connectivity index (χ3n) is 4.98. The number of amides is 1. The molecule has 2 aromatic rings. The van der Waals surface area contributed by atoms with Gasteiger partial charge in [0.2, 0.25) is 5.91 Å². The number of carbonyl (C=O) groups excluding carboxylic acids is 1. The van der Waals surface area contributed by atoms with Crippen LogP contribution < -0.4 is 10.1 Å². The molecule has 2 N–H and O–H groups in total. The number of rotatable bonds is 8. The minimum absolute atomic E-state index is 0.186. The van der Waals surface area contributed by atoms with Gasteiger partial charge in [0.05, 0.1) is 6.61 Å². The molecule has 0 aromatic heterocycles. The largest absolute Gasteiger partial charge is 0.485 e. The third-order valence-corrected chi connectivity index (χ3v) is 4.98. The van der Waals surface area contributed by atoms with Gasteiger partial charge in [0.25, 0.3) is 0 Å².